The van der Waals surface area contributed by atoms with Crippen molar-refractivity contribution in [3.63, 3.8) is 0 Å². The highest BCUT2D eigenvalue weighted by Gasteiger charge is 2.33. The molecule has 0 spiro atoms. The van der Waals surface area contributed by atoms with Crippen molar-refractivity contribution in [2.45, 2.75) is 25.9 Å². The van der Waals surface area contributed by atoms with E-state index < -0.39 is 22.9 Å². The second-order valence-electron chi connectivity index (χ2n) is 4.98. The maximum atomic E-state index is 12.0. The monoisotopic (exact) mass is 308 g/mol. The molecule has 22 heavy (non-hydrogen) atoms. The van der Waals surface area contributed by atoms with Crippen LogP contribution in [-0.4, -0.2) is 30.0 Å². The van der Waals surface area contributed by atoms with E-state index in [0.29, 0.717) is 0 Å². The molecule has 1 aliphatic carbocycles. The molecule has 1 aliphatic rings. The average Bonchev–Trinajstić information content (AvgIpc) is 3.31. The van der Waals surface area contributed by atoms with Crippen LogP contribution in [0, 0.1) is 16.0 Å². The number of nitrogens with one attached hydrogen (secondary N) is 1. The van der Waals surface area contributed by atoms with Gasteiger partial charge in [0.05, 0.1) is 23.6 Å². The Labute approximate surface area is 126 Å². The molecule has 0 bridgehead atoms. The molecule has 118 valence electrons. The van der Waals surface area contributed by atoms with Crippen molar-refractivity contribution in [1.82, 2.24) is 0 Å². The minimum Gasteiger partial charge on any atom is -0.495 e. The highest BCUT2D eigenvalue weighted by molar-refractivity contribution is 5.96. The van der Waals surface area contributed by atoms with E-state index in [2.05, 4.69) is 5.32 Å². The molecule has 8 nitrogen and oxygen atoms in total. The largest absolute Gasteiger partial charge is 0.495 e. The van der Waals surface area contributed by atoms with Crippen LogP contribution in [0.1, 0.15) is 19.8 Å². The minimum atomic E-state index is -0.989. The summed E-state index contributed by atoms with van der Waals surface area (Å²) in [4.78, 5) is 33.8. The van der Waals surface area contributed by atoms with Crippen LogP contribution in [0.4, 0.5) is 11.4 Å². The Morgan fingerprint density at radius 3 is 2.64 bits per heavy atom. The van der Waals surface area contributed by atoms with Crippen LogP contribution >= 0.6 is 0 Å². The quantitative estimate of drug-likeness (QED) is 0.488. The van der Waals surface area contributed by atoms with Gasteiger partial charge in [0, 0.05) is 12.1 Å². The number of rotatable bonds is 6. The van der Waals surface area contributed by atoms with Crippen molar-refractivity contribution in [1.29, 1.82) is 0 Å². The SMILES string of the molecule is COc1ccc([N+](=O)[O-])cc1NC(=O)C(C)OC(=O)C1CC1. The van der Waals surface area contributed by atoms with Gasteiger partial charge in [-0.15, -0.1) is 0 Å². The third-order valence-electron chi connectivity index (χ3n) is 3.22. The van der Waals surface area contributed by atoms with Gasteiger partial charge < -0.3 is 14.8 Å². The normalized spacial score (nSPS) is 14.8. The van der Waals surface area contributed by atoms with Gasteiger partial charge in [0.25, 0.3) is 11.6 Å². The zero-order valence-corrected chi connectivity index (χ0v) is 12.2. The molecule has 1 aromatic rings. The maximum Gasteiger partial charge on any atom is 0.309 e. The minimum absolute atomic E-state index is 0.109. The topological polar surface area (TPSA) is 108 Å². The number of benzene rings is 1. The number of methoxy groups -OCH3 is 1. The van der Waals surface area contributed by atoms with E-state index >= 15 is 0 Å². The van der Waals surface area contributed by atoms with Gasteiger partial charge in [-0.3, -0.25) is 19.7 Å². The summed E-state index contributed by atoms with van der Waals surface area (Å²) >= 11 is 0. The lowest BCUT2D eigenvalue weighted by Crippen LogP contribution is -2.30. The number of hydrogen-bond acceptors (Lipinski definition) is 6. The number of non-ortho nitro benzene ring substituents is 1. The second-order valence-corrected chi connectivity index (χ2v) is 4.98. The van der Waals surface area contributed by atoms with Gasteiger partial charge in [-0.1, -0.05) is 0 Å². The first-order valence-corrected chi connectivity index (χ1v) is 6.76. The lowest BCUT2D eigenvalue weighted by molar-refractivity contribution is -0.384. The molecule has 0 radical (unpaired) electrons. The summed E-state index contributed by atoms with van der Waals surface area (Å²) in [5, 5.41) is 13.3. The van der Waals surface area contributed by atoms with Gasteiger partial charge in [0.2, 0.25) is 0 Å². The molecule has 0 heterocycles. The molecule has 1 fully saturated rings. The number of anilines is 1. The maximum absolute atomic E-state index is 12.0. The van der Waals surface area contributed by atoms with Crippen molar-refractivity contribution in [2.24, 2.45) is 5.92 Å². The highest BCUT2D eigenvalue weighted by Crippen LogP contribution is 2.31. The van der Waals surface area contributed by atoms with Crippen LogP contribution in [0.5, 0.6) is 5.75 Å². The molecule has 0 aromatic heterocycles. The third-order valence-corrected chi connectivity index (χ3v) is 3.22. The number of nitro groups is 1. The van der Waals surface area contributed by atoms with E-state index in [1.807, 2.05) is 0 Å². The van der Waals surface area contributed by atoms with Crippen molar-refractivity contribution in [3.8, 4) is 5.75 Å². The molecule has 0 aliphatic heterocycles. The molecule has 8 heteroatoms. The van der Waals surface area contributed by atoms with E-state index in [9.17, 15) is 19.7 Å². The zero-order chi connectivity index (χ0) is 16.3. The number of nitro benzene ring substituents is 1. The van der Waals surface area contributed by atoms with Crippen LogP contribution in [0.25, 0.3) is 0 Å². The second kappa shape index (κ2) is 6.42. The van der Waals surface area contributed by atoms with Crippen molar-refractivity contribution < 1.29 is 24.0 Å². The molecular weight excluding hydrogens is 292 g/mol. The van der Waals surface area contributed by atoms with E-state index in [1.54, 1.807) is 0 Å². The van der Waals surface area contributed by atoms with Crippen LogP contribution < -0.4 is 10.1 Å². The number of esters is 1. The summed E-state index contributed by atoms with van der Waals surface area (Å²) < 4.78 is 10.1. The fraction of sp³-hybridized carbons (Fsp3) is 0.429. The van der Waals surface area contributed by atoms with Crippen LogP contribution in [-0.2, 0) is 14.3 Å². The van der Waals surface area contributed by atoms with E-state index in [4.69, 9.17) is 9.47 Å². The molecule has 1 saturated carbocycles. The smallest absolute Gasteiger partial charge is 0.309 e. The van der Waals surface area contributed by atoms with E-state index in [0.717, 1.165) is 12.8 Å². The predicted octanol–water partition coefficient (Wildman–Crippen LogP) is 1.88. The molecule has 1 aromatic carbocycles. The van der Waals surface area contributed by atoms with Crippen molar-refractivity contribution in [3.05, 3.63) is 28.3 Å². The average molecular weight is 308 g/mol. The Morgan fingerprint density at radius 2 is 2.09 bits per heavy atom. The molecule has 1 N–H and O–H groups in total. The third kappa shape index (κ3) is 3.72. The Morgan fingerprint density at radius 1 is 1.41 bits per heavy atom. The van der Waals surface area contributed by atoms with E-state index in [-0.39, 0.29) is 23.0 Å². The Bertz CT molecular complexity index is 611. The zero-order valence-electron chi connectivity index (χ0n) is 12.2. The summed E-state index contributed by atoms with van der Waals surface area (Å²) in [7, 11) is 1.38. The Hall–Kier alpha value is -2.64. The van der Waals surface area contributed by atoms with Crippen molar-refractivity contribution >= 4 is 23.3 Å². The lowest BCUT2D eigenvalue weighted by atomic mass is 10.2. The van der Waals surface area contributed by atoms with Gasteiger partial charge in [-0.2, -0.15) is 0 Å². The Kier molecular flexibility index (Phi) is 4.59. The number of nitrogens with zero attached hydrogens (tertiary/aromatic N) is 1. The number of carbonyl (C=O) groups excluding carboxylic acids is 2. The first-order chi connectivity index (χ1) is 10.4. The lowest BCUT2D eigenvalue weighted by Gasteiger charge is -2.15. The van der Waals surface area contributed by atoms with Gasteiger partial charge in [-0.25, -0.2) is 0 Å². The fourth-order valence-electron chi connectivity index (χ4n) is 1.78. The molecule has 1 amide bonds. The van der Waals surface area contributed by atoms with Gasteiger partial charge in [0.1, 0.15) is 5.75 Å². The van der Waals surface area contributed by atoms with Crippen LogP contribution in [0.15, 0.2) is 18.2 Å². The number of hydrogen-bond donors (Lipinski definition) is 1. The van der Waals surface area contributed by atoms with Gasteiger partial charge in [0.15, 0.2) is 6.10 Å². The predicted molar refractivity (Wildman–Crippen MR) is 76.6 cm³/mol. The summed E-state index contributed by atoms with van der Waals surface area (Å²) in [6.07, 6.45) is 0.578. The first-order valence-electron chi connectivity index (χ1n) is 6.76. The number of amides is 1. The fourth-order valence-corrected chi connectivity index (χ4v) is 1.78. The molecular formula is C14H16N2O6. The van der Waals surface area contributed by atoms with Crippen molar-refractivity contribution in [2.75, 3.05) is 12.4 Å². The van der Waals surface area contributed by atoms with Gasteiger partial charge in [-0.05, 0) is 25.8 Å². The number of ether oxygens (including phenoxy) is 2. The molecule has 0 saturated heterocycles. The first kappa shape index (κ1) is 15.7. The van der Waals surface area contributed by atoms with Crippen LogP contribution in [0.3, 0.4) is 0 Å². The number of carbonyl (C=O) groups is 2. The molecule has 1 unspecified atom stereocenters. The van der Waals surface area contributed by atoms with E-state index in [1.165, 1.54) is 32.2 Å². The summed E-state index contributed by atoms with van der Waals surface area (Å²) in [5.41, 5.74) is -0.0326. The Balaban J connectivity index is 2.07. The summed E-state index contributed by atoms with van der Waals surface area (Å²) in [6, 6.07) is 3.84. The van der Waals surface area contributed by atoms with Gasteiger partial charge >= 0.3 is 5.97 Å². The van der Waals surface area contributed by atoms with Crippen LogP contribution in [0.2, 0.25) is 0 Å². The summed E-state index contributed by atoms with van der Waals surface area (Å²) in [6.45, 7) is 1.44. The molecule has 1 atom stereocenters. The summed E-state index contributed by atoms with van der Waals surface area (Å²) in [5.74, 6) is -0.802. The molecule has 2 rings (SSSR count). The highest BCUT2D eigenvalue weighted by atomic mass is 16.6. The standard InChI is InChI=1S/C14H16N2O6/c1-8(22-14(18)9-3-4-9)13(17)15-11-7-10(16(19)20)5-6-12(11)21-2/h5-9H,3-4H2,1-2H3,(H,15,17).